The van der Waals surface area contributed by atoms with Gasteiger partial charge >= 0.3 is 0 Å². The fourth-order valence-electron chi connectivity index (χ4n) is 2.01. The van der Waals surface area contributed by atoms with E-state index in [9.17, 15) is 4.79 Å². The van der Waals surface area contributed by atoms with E-state index in [1.54, 1.807) is 19.2 Å². The molecule has 1 aliphatic rings. The standard InChI is InChI=1S/C13H17ClN2O3/c1-3-15-12-8-6-9(14)11(19-5-4-18-2)7-10(8)16-13(12)17/h6-7,12,15H,3-5H2,1-2H3,(H,16,17). The third-order valence-corrected chi connectivity index (χ3v) is 3.18. The summed E-state index contributed by atoms with van der Waals surface area (Å²) >= 11 is 6.17. The predicted octanol–water partition coefficient (Wildman–Crippen LogP) is 1.97. The van der Waals surface area contributed by atoms with Crippen molar-refractivity contribution in [2.45, 2.75) is 13.0 Å². The Kier molecular flexibility index (Phi) is 4.63. The molecule has 6 heteroatoms. The van der Waals surface area contributed by atoms with Crippen molar-refractivity contribution < 1.29 is 14.3 Å². The highest BCUT2D eigenvalue weighted by Gasteiger charge is 2.30. The zero-order valence-corrected chi connectivity index (χ0v) is 11.7. The lowest BCUT2D eigenvalue weighted by Gasteiger charge is -2.12. The van der Waals surface area contributed by atoms with Gasteiger partial charge in [0.2, 0.25) is 5.91 Å². The number of halogens is 1. The number of ether oxygens (including phenoxy) is 2. The monoisotopic (exact) mass is 284 g/mol. The smallest absolute Gasteiger partial charge is 0.246 e. The summed E-state index contributed by atoms with van der Waals surface area (Å²) in [5.74, 6) is 0.483. The highest BCUT2D eigenvalue weighted by molar-refractivity contribution is 6.32. The molecule has 0 spiro atoms. The van der Waals surface area contributed by atoms with Crippen molar-refractivity contribution >= 4 is 23.2 Å². The van der Waals surface area contributed by atoms with Crippen molar-refractivity contribution in [3.63, 3.8) is 0 Å². The van der Waals surface area contributed by atoms with Gasteiger partial charge in [-0.15, -0.1) is 0 Å². The largest absolute Gasteiger partial charge is 0.490 e. The molecule has 1 unspecified atom stereocenters. The summed E-state index contributed by atoms with van der Waals surface area (Å²) < 4.78 is 10.4. The van der Waals surface area contributed by atoms with Gasteiger partial charge in [-0.05, 0) is 12.6 Å². The molecule has 0 aromatic heterocycles. The first-order chi connectivity index (χ1) is 9.17. The normalized spacial score (nSPS) is 17.2. The second-order valence-corrected chi connectivity index (χ2v) is 4.60. The first-order valence-electron chi connectivity index (χ1n) is 6.16. The summed E-state index contributed by atoms with van der Waals surface area (Å²) in [6.07, 6.45) is 0. The van der Waals surface area contributed by atoms with Gasteiger partial charge in [0.1, 0.15) is 18.4 Å². The van der Waals surface area contributed by atoms with Gasteiger partial charge in [0.05, 0.1) is 11.6 Å². The second kappa shape index (κ2) is 6.23. The maximum Gasteiger partial charge on any atom is 0.246 e. The van der Waals surface area contributed by atoms with E-state index >= 15 is 0 Å². The van der Waals surface area contributed by atoms with E-state index < -0.39 is 0 Å². The molecule has 0 bridgehead atoms. The third kappa shape index (κ3) is 3.00. The van der Waals surface area contributed by atoms with Crippen LogP contribution in [-0.2, 0) is 9.53 Å². The van der Waals surface area contributed by atoms with Gasteiger partial charge in [0.15, 0.2) is 0 Å². The van der Waals surface area contributed by atoms with Crippen molar-refractivity contribution in [2.75, 3.05) is 32.2 Å². The van der Waals surface area contributed by atoms with Gasteiger partial charge in [0.25, 0.3) is 0 Å². The van der Waals surface area contributed by atoms with E-state index in [1.165, 1.54) is 0 Å². The number of methoxy groups -OCH3 is 1. The molecule has 0 fully saturated rings. The van der Waals surface area contributed by atoms with Crippen molar-refractivity contribution in [3.8, 4) is 5.75 Å². The van der Waals surface area contributed by atoms with Crippen LogP contribution in [0.2, 0.25) is 5.02 Å². The van der Waals surface area contributed by atoms with E-state index in [4.69, 9.17) is 21.1 Å². The second-order valence-electron chi connectivity index (χ2n) is 4.19. The Bertz CT molecular complexity index is 479. The molecule has 0 saturated carbocycles. The lowest BCUT2D eigenvalue weighted by Crippen LogP contribution is -2.27. The van der Waals surface area contributed by atoms with Crippen LogP contribution in [0.4, 0.5) is 5.69 Å². The van der Waals surface area contributed by atoms with Crippen LogP contribution in [0.3, 0.4) is 0 Å². The van der Waals surface area contributed by atoms with Gasteiger partial charge in [-0.25, -0.2) is 0 Å². The molecule has 0 saturated heterocycles. The molecule has 19 heavy (non-hydrogen) atoms. The Labute approximate surface area is 117 Å². The Balaban J connectivity index is 2.20. The number of hydrogen-bond donors (Lipinski definition) is 2. The van der Waals surface area contributed by atoms with Gasteiger partial charge < -0.3 is 20.1 Å². The van der Waals surface area contributed by atoms with Crippen LogP contribution in [0, 0.1) is 0 Å². The summed E-state index contributed by atoms with van der Waals surface area (Å²) in [5.41, 5.74) is 1.60. The number of carbonyl (C=O) groups is 1. The zero-order chi connectivity index (χ0) is 13.8. The van der Waals surface area contributed by atoms with Crippen molar-refractivity contribution in [1.29, 1.82) is 0 Å². The average Bonchev–Trinajstić information content (AvgIpc) is 2.67. The fraction of sp³-hybridized carbons (Fsp3) is 0.462. The Morgan fingerprint density at radius 1 is 1.42 bits per heavy atom. The van der Waals surface area contributed by atoms with Crippen LogP contribution in [0.15, 0.2) is 12.1 Å². The maximum atomic E-state index is 11.8. The minimum atomic E-state index is -0.342. The van der Waals surface area contributed by atoms with Crippen molar-refractivity contribution in [3.05, 3.63) is 22.7 Å². The summed E-state index contributed by atoms with van der Waals surface area (Å²) in [6, 6.07) is 3.18. The highest BCUT2D eigenvalue weighted by Crippen LogP contribution is 2.38. The van der Waals surface area contributed by atoms with Crippen molar-refractivity contribution in [1.82, 2.24) is 5.32 Å². The molecule has 0 aliphatic carbocycles. The molecule has 1 amide bonds. The first-order valence-corrected chi connectivity index (χ1v) is 6.54. The van der Waals surface area contributed by atoms with Gasteiger partial charge in [-0.2, -0.15) is 0 Å². The summed E-state index contributed by atoms with van der Waals surface area (Å²) in [5, 5.41) is 6.43. The lowest BCUT2D eigenvalue weighted by atomic mass is 10.1. The molecule has 5 nitrogen and oxygen atoms in total. The van der Waals surface area contributed by atoms with Crippen LogP contribution in [0.25, 0.3) is 0 Å². The number of rotatable bonds is 6. The quantitative estimate of drug-likeness (QED) is 0.784. The van der Waals surface area contributed by atoms with E-state index in [0.717, 1.165) is 11.3 Å². The number of likely N-dealkylation sites (N-methyl/N-ethyl adjacent to an activating group) is 1. The van der Waals surface area contributed by atoms with E-state index in [2.05, 4.69) is 10.6 Å². The molecule has 1 aliphatic heterocycles. The SMILES string of the molecule is CCNC1C(=O)Nc2cc(OCCOC)c(Cl)cc21. The summed E-state index contributed by atoms with van der Waals surface area (Å²) in [6.45, 7) is 3.57. The molecule has 1 aromatic carbocycles. The fourth-order valence-corrected chi connectivity index (χ4v) is 2.24. The van der Waals surface area contributed by atoms with E-state index in [1.807, 2.05) is 6.92 Å². The van der Waals surface area contributed by atoms with Gasteiger partial charge in [0, 0.05) is 24.4 Å². The molecule has 1 heterocycles. The molecular formula is C13H17ClN2O3. The molecule has 104 valence electrons. The Morgan fingerprint density at radius 2 is 2.21 bits per heavy atom. The summed E-state index contributed by atoms with van der Waals surface area (Å²) in [7, 11) is 1.61. The van der Waals surface area contributed by atoms with E-state index in [0.29, 0.717) is 30.5 Å². The number of benzene rings is 1. The van der Waals surface area contributed by atoms with Gasteiger partial charge in [-0.1, -0.05) is 18.5 Å². The van der Waals surface area contributed by atoms with Crippen LogP contribution >= 0.6 is 11.6 Å². The predicted molar refractivity (Wildman–Crippen MR) is 73.9 cm³/mol. The van der Waals surface area contributed by atoms with Crippen LogP contribution < -0.4 is 15.4 Å². The minimum absolute atomic E-state index is 0.0676. The number of fused-ring (bicyclic) bond motifs is 1. The number of amides is 1. The highest BCUT2D eigenvalue weighted by atomic mass is 35.5. The van der Waals surface area contributed by atoms with Crippen LogP contribution in [-0.4, -0.2) is 32.8 Å². The molecule has 1 atom stereocenters. The number of hydrogen-bond acceptors (Lipinski definition) is 4. The topological polar surface area (TPSA) is 59.6 Å². The minimum Gasteiger partial charge on any atom is -0.490 e. The Hall–Kier alpha value is -1.30. The first kappa shape index (κ1) is 14.1. The number of nitrogens with one attached hydrogen (secondary N) is 2. The van der Waals surface area contributed by atoms with Crippen LogP contribution in [0.1, 0.15) is 18.5 Å². The molecular weight excluding hydrogens is 268 g/mol. The molecule has 0 radical (unpaired) electrons. The van der Waals surface area contributed by atoms with Crippen LogP contribution in [0.5, 0.6) is 5.75 Å². The third-order valence-electron chi connectivity index (χ3n) is 2.89. The number of carbonyl (C=O) groups excluding carboxylic acids is 1. The summed E-state index contributed by atoms with van der Waals surface area (Å²) in [4.78, 5) is 11.8. The van der Waals surface area contributed by atoms with E-state index in [-0.39, 0.29) is 11.9 Å². The number of anilines is 1. The lowest BCUT2D eigenvalue weighted by molar-refractivity contribution is -0.117. The average molecular weight is 285 g/mol. The van der Waals surface area contributed by atoms with Gasteiger partial charge in [-0.3, -0.25) is 4.79 Å². The van der Waals surface area contributed by atoms with Crippen molar-refractivity contribution in [2.24, 2.45) is 0 Å². The molecule has 2 N–H and O–H groups in total. The maximum absolute atomic E-state index is 11.8. The Morgan fingerprint density at radius 3 is 2.89 bits per heavy atom. The molecule has 2 rings (SSSR count). The molecule has 1 aromatic rings. The zero-order valence-electron chi connectivity index (χ0n) is 11.0.